The lowest BCUT2D eigenvalue weighted by Crippen LogP contribution is -2.42. The Balaban J connectivity index is 1.70. The maximum Gasteiger partial charge on any atom is 0.281 e. The van der Waals surface area contributed by atoms with Gasteiger partial charge in [-0.25, -0.2) is 9.66 Å². The number of nitrogens with zero attached hydrogens (tertiary/aromatic N) is 3. The molecular formula is C31H30N4O5. The van der Waals surface area contributed by atoms with Gasteiger partial charge in [0.15, 0.2) is 12.1 Å². The van der Waals surface area contributed by atoms with Crippen LogP contribution in [-0.2, 0) is 10.2 Å². The number of methoxy groups -OCH3 is 1. The largest absolute Gasteiger partial charge is 0.497 e. The van der Waals surface area contributed by atoms with Gasteiger partial charge < -0.3 is 30.1 Å². The number of fused-ring (bicyclic) bond motifs is 1. The van der Waals surface area contributed by atoms with Crippen molar-refractivity contribution in [1.29, 1.82) is 0 Å². The molecule has 1 saturated heterocycles. The number of aliphatic hydroxyl groups is 2. The van der Waals surface area contributed by atoms with E-state index in [1.807, 2.05) is 84.9 Å². The number of hydrogen-bond acceptors (Lipinski definition) is 7. The first-order chi connectivity index (χ1) is 19.5. The molecule has 1 fully saturated rings. The third-order valence-electron chi connectivity index (χ3n) is 7.69. The molecule has 3 atom stereocenters. The van der Waals surface area contributed by atoms with Crippen LogP contribution in [-0.4, -0.2) is 50.4 Å². The number of aromatic nitrogens is 3. The lowest BCUT2D eigenvalue weighted by molar-refractivity contribution is -0.0484. The van der Waals surface area contributed by atoms with E-state index in [-0.39, 0.29) is 13.0 Å². The number of nitrogens with two attached hydrogens (primary N) is 1. The predicted molar refractivity (Wildman–Crippen MR) is 151 cm³/mol. The summed E-state index contributed by atoms with van der Waals surface area (Å²) in [5.74, 6) is 7.61. The fourth-order valence-electron chi connectivity index (χ4n) is 5.78. The van der Waals surface area contributed by atoms with Crippen LogP contribution < -0.4 is 16.1 Å². The first-order valence-electron chi connectivity index (χ1n) is 13.1. The molecule has 3 aromatic carbocycles. The Bertz CT molecular complexity index is 1640. The molecule has 0 amide bonds. The quantitative estimate of drug-likeness (QED) is 0.215. The average molecular weight is 539 g/mol. The first-order valence-corrected chi connectivity index (χ1v) is 13.1. The second kappa shape index (κ2) is 10.3. The van der Waals surface area contributed by atoms with Crippen molar-refractivity contribution in [3.8, 4) is 5.75 Å². The van der Waals surface area contributed by atoms with Crippen molar-refractivity contribution in [2.45, 2.75) is 30.3 Å². The van der Waals surface area contributed by atoms with Crippen molar-refractivity contribution in [3.63, 3.8) is 0 Å². The zero-order chi connectivity index (χ0) is 27.9. The summed E-state index contributed by atoms with van der Waals surface area (Å²) < 4.78 is 14.1. The summed E-state index contributed by atoms with van der Waals surface area (Å²) in [6.45, 7) is -0.219. The molecule has 40 heavy (non-hydrogen) atoms. The van der Waals surface area contributed by atoms with E-state index in [1.165, 1.54) is 0 Å². The Labute approximate surface area is 230 Å². The molecule has 1 aliphatic rings. The number of nitrogen functional groups attached to an aromatic ring is 1. The van der Waals surface area contributed by atoms with Crippen molar-refractivity contribution in [3.05, 3.63) is 130 Å². The van der Waals surface area contributed by atoms with Crippen LogP contribution in [0.15, 0.2) is 102 Å². The van der Waals surface area contributed by atoms with Crippen LogP contribution in [0.25, 0.3) is 11.0 Å². The second-order valence-corrected chi connectivity index (χ2v) is 9.92. The van der Waals surface area contributed by atoms with E-state index in [1.54, 1.807) is 23.9 Å². The number of aliphatic hydroxyl groups excluding tert-OH is 2. The van der Waals surface area contributed by atoms with Crippen LogP contribution in [0, 0.1) is 0 Å². The SMILES string of the molecule is COc1ccc(C(c2ccccc2)(c2ccccc2)c2nc3c(ccn3[C@@H]3O[C@H](CO)C[C@H]3O)c(=O)n2N)cc1. The molecule has 1 aliphatic heterocycles. The maximum atomic E-state index is 13.8. The molecule has 0 bridgehead atoms. The highest BCUT2D eigenvalue weighted by molar-refractivity contribution is 5.76. The Morgan fingerprint density at radius 3 is 2.12 bits per heavy atom. The van der Waals surface area contributed by atoms with Crippen molar-refractivity contribution < 1.29 is 19.7 Å². The van der Waals surface area contributed by atoms with E-state index < -0.39 is 29.4 Å². The summed E-state index contributed by atoms with van der Waals surface area (Å²) in [5.41, 5.74) is 1.32. The highest BCUT2D eigenvalue weighted by Crippen LogP contribution is 2.44. The van der Waals surface area contributed by atoms with Crippen molar-refractivity contribution in [1.82, 2.24) is 14.2 Å². The molecule has 9 heteroatoms. The van der Waals surface area contributed by atoms with Gasteiger partial charge in [-0.3, -0.25) is 4.79 Å². The summed E-state index contributed by atoms with van der Waals surface area (Å²) in [4.78, 5) is 18.9. The van der Waals surface area contributed by atoms with E-state index in [0.29, 0.717) is 22.6 Å². The Kier molecular flexibility index (Phi) is 6.63. The van der Waals surface area contributed by atoms with Crippen LogP contribution >= 0.6 is 0 Å². The smallest absolute Gasteiger partial charge is 0.281 e. The summed E-state index contributed by atoms with van der Waals surface area (Å²) in [7, 11) is 1.61. The van der Waals surface area contributed by atoms with E-state index >= 15 is 0 Å². The molecule has 0 radical (unpaired) electrons. The molecule has 6 rings (SSSR count). The standard InChI is InChI=1S/C31H30N4O5/c1-39-23-14-12-22(13-15-23)31(20-8-4-2-5-9-20,21-10-6-3-7-11-21)30-33-27-25(28(38)35(30)32)16-17-34(27)29-26(37)18-24(19-36)40-29/h2-17,24,26,29,36-37H,18-19,32H2,1H3/t24-,26+,29+/m0/s1. The maximum absolute atomic E-state index is 13.8. The summed E-state index contributed by atoms with van der Waals surface area (Å²) >= 11 is 0. The molecule has 0 unspecified atom stereocenters. The molecular weight excluding hydrogens is 508 g/mol. The van der Waals surface area contributed by atoms with E-state index in [9.17, 15) is 15.0 Å². The fraction of sp³-hybridized carbons (Fsp3) is 0.226. The minimum absolute atomic E-state index is 0.219. The molecule has 204 valence electrons. The molecule has 2 aromatic heterocycles. The van der Waals surface area contributed by atoms with Crippen LogP contribution in [0.5, 0.6) is 5.75 Å². The van der Waals surface area contributed by atoms with E-state index in [2.05, 4.69) is 0 Å². The van der Waals surface area contributed by atoms with Gasteiger partial charge in [-0.2, -0.15) is 0 Å². The zero-order valence-corrected chi connectivity index (χ0v) is 21.9. The lowest BCUT2D eigenvalue weighted by atomic mass is 9.68. The van der Waals surface area contributed by atoms with Gasteiger partial charge in [0.05, 0.1) is 25.2 Å². The van der Waals surface area contributed by atoms with Crippen molar-refractivity contribution in [2.75, 3.05) is 19.6 Å². The van der Waals surface area contributed by atoms with Crippen LogP contribution in [0.1, 0.15) is 35.2 Å². The lowest BCUT2D eigenvalue weighted by Gasteiger charge is -2.36. The van der Waals surface area contributed by atoms with Crippen molar-refractivity contribution in [2.24, 2.45) is 0 Å². The van der Waals surface area contributed by atoms with Crippen LogP contribution in [0.2, 0.25) is 0 Å². The van der Waals surface area contributed by atoms with Crippen molar-refractivity contribution >= 4 is 11.0 Å². The number of benzene rings is 3. The normalized spacial score (nSPS) is 19.2. The predicted octanol–water partition coefficient (Wildman–Crippen LogP) is 2.94. The molecule has 4 N–H and O–H groups in total. The van der Waals surface area contributed by atoms with Gasteiger partial charge in [0, 0.05) is 12.6 Å². The molecule has 3 heterocycles. The molecule has 0 aliphatic carbocycles. The second-order valence-electron chi connectivity index (χ2n) is 9.92. The topological polar surface area (TPSA) is 125 Å². The molecule has 0 saturated carbocycles. The summed E-state index contributed by atoms with van der Waals surface area (Å²) in [5, 5.41) is 20.7. The zero-order valence-electron chi connectivity index (χ0n) is 21.9. The number of ether oxygens (including phenoxy) is 2. The molecule has 5 aromatic rings. The molecule has 9 nitrogen and oxygen atoms in total. The Morgan fingerprint density at radius 2 is 1.57 bits per heavy atom. The highest BCUT2D eigenvalue weighted by Gasteiger charge is 2.43. The molecule has 0 spiro atoms. The Hall–Kier alpha value is -4.44. The number of hydrogen-bond donors (Lipinski definition) is 3. The van der Waals surface area contributed by atoms with Gasteiger partial charge in [-0.05, 0) is 34.9 Å². The van der Waals surface area contributed by atoms with Crippen LogP contribution in [0.4, 0.5) is 0 Å². The highest BCUT2D eigenvalue weighted by atomic mass is 16.5. The Morgan fingerprint density at radius 1 is 0.975 bits per heavy atom. The minimum Gasteiger partial charge on any atom is -0.497 e. The third kappa shape index (κ3) is 3.98. The van der Waals surface area contributed by atoms with Gasteiger partial charge in [0.2, 0.25) is 0 Å². The first kappa shape index (κ1) is 25.8. The fourth-order valence-corrected chi connectivity index (χ4v) is 5.78. The van der Waals surface area contributed by atoms with Gasteiger partial charge >= 0.3 is 0 Å². The van der Waals surface area contributed by atoms with Crippen LogP contribution in [0.3, 0.4) is 0 Å². The minimum atomic E-state index is -1.10. The van der Waals surface area contributed by atoms with Gasteiger partial charge in [0.25, 0.3) is 5.56 Å². The average Bonchev–Trinajstić information content (AvgIpc) is 3.60. The summed E-state index contributed by atoms with van der Waals surface area (Å²) in [6.07, 6.45) is -0.277. The van der Waals surface area contributed by atoms with Gasteiger partial charge in [0.1, 0.15) is 22.9 Å². The summed E-state index contributed by atoms with van der Waals surface area (Å²) in [6, 6.07) is 28.8. The monoisotopic (exact) mass is 538 g/mol. The van der Waals surface area contributed by atoms with E-state index in [0.717, 1.165) is 21.4 Å². The van der Waals surface area contributed by atoms with Gasteiger partial charge in [-0.1, -0.05) is 72.8 Å². The third-order valence-corrected chi connectivity index (χ3v) is 7.69. The number of rotatable bonds is 7. The van der Waals surface area contributed by atoms with E-state index in [4.69, 9.17) is 20.3 Å². The van der Waals surface area contributed by atoms with Gasteiger partial charge in [-0.15, -0.1) is 0 Å².